The second kappa shape index (κ2) is 9.00. The van der Waals surface area contributed by atoms with Crippen molar-refractivity contribution in [3.05, 3.63) is 65.2 Å². The van der Waals surface area contributed by atoms with E-state index in [4.69, 9.17) is 0 Å². The molecule has 1 heterocycles. The Balaban J connectivity index is 0.00000139. The van der Waals surface area contributed by atoms with Gasteiger partial charge in [0, 0.05) is 18.3 Å². The fraction of sp³-hybridized carbons (Fsp3) is 0.294. The van der Waals surface area contributed by atoms with E-state index in [-0.39, 0.29) is 18.5 Å². The van der Waals surface area contributed by atoms with Gasteiger partial charge in [0.25, 0.3) is 0 Å². The molecule has 0 saturated heterocycles. The third kappa shape index (κ3) is 5.98. The first-order chi connectivity index (χ1) is 11.4. The molecule has 0 aliphatic heterocycles. The van der Waals surface area contributed by atoms with Crippen LogP contribution in [-0.4, -0.2) is 10.9 Å². The minimum Gasteiger partial charge on any atom is -0.352 e. The van der Waals surface area contributed by atoms with Crippen LogP contribution >= 0.6 is 0 Å². The van der Waals surface area contributed by atoms with E-state index in [0.717, 1.165) is 5.56 Å². The second-order valence-corrected chi connectivity index (χ2v) is 4.61. The molecule has 1 aromatic heterocycles. The summed E-state index contributed by atoms with van der Waals surface area (Å²) in [4.78, 5) is 14.8. The van der Waals surface area contributed by atoms with Gasteiger partial charge in [0.15, 0.2) is 0 Å². The normalized spacial score (nSPS) is 10.6. The van der Waals surface area contributed by atoms with Gasteiger partial charge in [-0.2, -0.15) is 17.6 Å². The highest BCUT2D eigenvalue weighted by Crippen LogP contribution is 2.29. The summed E-state index contributed by atoms with van der Waals surface area (Å²) >= 11 is 0. The van der Waals surface area contributed by atoms with Gasteiger partial charge >= 0.3 is 6.18 Å². The summed E-state index contributed by atoms with van der Waals surface area (Å²) in [6.45, 7) is 3.65. The molecule has 0 saturated carbocycles. The maximum absolute atomic E-state index is 13.4. The number of halogens is 4. The van der Waals surface area contributed by atoms with Crippen LogP contribution in [0.25, 0.3) is 0 Å². The van der Waals surface area contributed by atoms with Crippen molar-refractivity contribution in [2.75, 3.05) is 0 Å². The molecule has 1 aromatic carbocycles. The molecular formula is C17H18F4N2O. The van der Waals surface area contributed by atoms with E-state index in [9.17, 15) is 22.4 Å². The third-order valence-electron chi connectivity index (χ3n) is 2.92. The van der Waals surface area contributed by atoms with Gasteiger partial charge in [-0.15, -0.1) is 0 Å². The molecule has 130 valence electrons. The average Bonchev–Trinajstić information content (AvgIpc) is 2.56. The molecule has 1 N–H and O–H groups in total. The van der Waals surface area contributed by atoms with Crippen LogP contribution in [0, 0.1) is 5.95 Å². The van der Waals surface area contributed by atoms with Gasteiger partial charge in [-0.25, -0.2) is 4.98 Å². The number of rotatable bonds is 4. The summed E-state index contributed by atoms with van der Waals surface area (Å²) in [5, 5.41) is 2.38. The van der Waals surface area contributed by atoms with Crippen LogP contribution in [-0.2, 0) is 23.9 Å². The molecule has 24 heavy (non-hydrogen) atoms. The Kier molecular flexibility index (Phi) is 7.35. The predicted molar refractivity (Wildman–Crippen MR) is 82.5 cm³/mol. The first kappa shape index (κ1) is 19.6. The predicted octanol–water partition coefficient (Wildman–Crippen LogP) is 4.12. The Morgan fingerprint density at radius 2 is 1.79 bits per heavy atom. The van der Waals surface area contributed by atoms with E-state index in [1.54, 1.807) is 30.3 Å². The van der Waals surface area contributed by atoms with Crippen LogP contribution in [0.5, 0.6) is 0 Å². The lowest BCUT2D eigenvalue weighted by Crippen LogP contribution is -2.25. The lowest BCUT2D eigenvalue weighted by molar-refractivity contribution is -0.137. The van der Waals surface area contributed by atoms with Gasteiger partial charge in [0.05, 0.1) is 12.0 Å². The Bertz CT molecular complexity index is 657. The SMILES string of the molecule is CC.O=C(Cc1ccccc1)NCc1cc(C(F)(F)F)cnc1F. The van der Waals surface area contributed by atoms with E-state index in [2.05, 4.69) is 10.3 Å². The van der Waals surface area contributed by atoms with Gasteiger partial charge < -0.3 is 5.32 Å². The molecule has 0 bridgehead atoms. The zero-order chi connectivity index (χ0) is 18.2. The molecule has 0 atom stereocenters. The second-order valence-electron chi connectivity index (χ2n) is 4.61. The van der Waals surface area contributed by atoms with E-state index < -0.39 is 23.6 Å². The lowest BCUT2D eigenvalue weighted by atomic mass is 10.1. The Morgan fingerprint density at radius 3 is 2.38 bits per heavy atom. The molecule has 0 unspecified atom stereocenters. The zero-order valence-corrected chi connectivity index (χ0v) is 13.3. The maximum Gasteiger partial charge on any atom is 0.417 e. The molecule has 3 nitrogen and oxygen atoms in total. The molecule has 0 aliphatic carbocycles. The van der Waals surface area contributed by atoms with Crippen LogP contribution in [0.3, 0.4) is 0 Å². The standard InChI is InChI=1S/C15H12F4N2O.C2H6/c16-14-11(7-12(9-21-14)15(17,18)19)8-20-13(22)6-10-4-2-1-3-5-10;1-2/h1-5,7,9H,6,8H2,(H,20,22);1-2H3. The number of alkyl halides is 3. The van der Waals surface area contributed by atoms with Crippen molar-refractivity contribution >= 4 is 5.91 Å². The largest absolute Gasteiger partial charge is 0.417 e. The highest BCUT2D eigenvalue weighted by atomic mass is 19.4. The third-order valence-corrected chi connectivity index (χ3v) is 2.92. The zero-order valence-electron chi connectivity index (χ0n) is 13.3. The first-order valence-corrected chi connectivity index (χ1v) is 7.38. The van der Waals surface area contributed by atoms with Crippen LogP contribution in [0.1, 0.15) is 30.5 Å². The Hall–Kier alpha value is -2.44. The number of carbonyl (C=O) groups is 1. The number of nitrogens with one attached hydrogen (secondary N) is 1. The highest BCUT2D eigenvalue weighted by Gasteiger charge is 2.31. The number of amides is 1. The van der Waals surface area contributed by atoms with Gasteiger partial charge in [0.2, 0.25) is 11.9 Å². The number of hydrogen-bond acceptors (Lipinski definition) is 2. The summed E-state index contributed by atoms with van der Waals surface area (Å²) in [7, 11) is 0. The fourth-order valence-corrected chi connectivity index (χ4v) is 1.81. The minimum atomic E-state index is -4.61. The van der Waals surface area contributed by atoms with Gasteiger partial charge in [-0.05, 0) is 11.6 Å². The highest BCUT2D eigenvalue weighted by molar-refractivity contribution is 5.78. The number of carbonyl (C=O) groups excluding carboxylic acids is 1. The van der Waals surface area contributed by atoms with E-state index in [0.29, 0.717) is 12.3 Å². The van der Waals surface area contributed by atoms with Crippen molar-refractivity contribution in [2.24, 2.45) is 0 Å². The molecule has 2 aromatic rings. The molecule has 7 heteroatoms. The van der Waals surface area contributed by atoms with Crippen molar-refractivity contribution in [2.45, 2.75) is 33.0 Å². The van der Waals surface area contributed by atoms with Crippen molar-refractivity contribution in [1.29, 1.82) is 0 Å². The van der Waals surface area contributed by atoms with Gasteiger partial charge in [-0.1, -0.05) is 44.2 Å². The fourth-order valence-electron chi connectivity index (χ4n) is 1.81. The van der Waals surface area contributed by atoms with E-state index in [1.807, 2.05) is 13.8 Å². The molecule has 0 radical (unpaired) electrons. The van der Waals surface area contributed by atoms with Crippen molar-refractivity contribution in [1.82, 2.24) is 10.3 Å². The summed E-state index contributed by atoms with van der Waals surface area (Å²) < 4.78 is 51.0. The molecule has 0 spiro atoms. The van der Waals surface area contributed by atoms with Crippen LogP contribution in [0.4, 0.5) is 17.6 Å². The summed E-state index contributed by atoms with van der Waals surface area (Å²) in [5.74, 6) is -1.45. The maximum atomic E-state index is 13.4. The first-order valence-electron chi connectivity index (χ1n) is 7.38. The van der Waals surface area contributed by atoms with Crippen molar-refractivity contribution < 1.29 is 22.4 Å². The summed E-state index contributed by atoms with van der Waals surface area (Å²) in [6.07, 6.45) is -4.12. The molecule has 0 aliphatic rings. The van der Waals surface area contributed by atoms with Crippen molar-refractivity contribution in [3.8, 4) is 0 Å². The monoisotopic (exact) mass is 342 g/mol. The van der Waals surface area contributed by atoms with Crippen molar-refractivity contribution in [3.63, 3.8) is 0 Å². The smallest absolute Gasteiger partial charge is 0.352 e. The van der Waals surface area contributed by atoms with Gasteiger partial charge in [-0.3, -0.25) is 4.79 Å². The number of nitrogens with zero attached hydrogens (tertiary/aromatic N) is 1. The Labute approximate surface area is 137 Å². The molecule has 0 fully saturated rings. The Morgan fingerprint density at radius 1 is 1.17 bits per heavy atom. The molecule has 2 rings (SSSR count). The van der Waals surface area contributed by atoms with Crippen LogP contribution in [0.15, 0.2) is 42.6 Å². The lowest BCUT2D eigenvalue weighted by Gasteiger charge is -2.10. The summed E-state index contributed by atoms with van der Waals surface area (Å²) in [5.41, 5.74) is -0.611. The molecular weight excluding hydrogens is 324 g/mol. The minimum absolute atomic E-state index is 0.0643. The summed E-state index contributed by atoms with van der Waals surface area (Å²) in [6, 6.07) is 9.45. The number of pyridine rings is 1. The average molecular weight is 342 g/mol. The van der Waals surface area contributed by atoms with Gasteiger partial charge in [0.1, 0.15) is 0 Å². The number of aromatic nitrogens is 1. The van der Waals surface area contributed by atoms with E-state index in [1.165, 1.54) is 0 Å². The van der Waals surface area contributed by atoms with E-state index >= 15 is 0 Å². The topological polar surface area (TPSA) is 42.0 Å². The quantitative estimate of drug-likeness (QED) is 0.671. The van der Waals surface area contributed by atoms with Crippen LogP contribution in [0.2, 0.25) is 0 Å². The van der Waals surface area contributed by atoms with Crippen LogP contribution < -0.4 is 5.32 Å². The molecule has 1 amide bonds. The number of benzene rings is 1. The number of hydrogen-bond donors (Lipinski definition) is 1.